The third-order valence-corrected chi connectivity index (χ3v) is 7.57. The number of fused-ring (bicyclic) bond motifs is 1. The van der Waals surface area contributed by atoms with E-state index in [1.807, 2.05) is 47.8 Å². The van der Waals surface area contributed by atoms with E-state index >= 15 is 0 Å². The Morgan fingerprint density at radius 1 is 1.19 bits per heavy atom. The Labute approximate surface area is 220 Å². The van der Waals surface area contributed by atoms with E-state index in [0.717, 1.165) is 46.5 Å². The quantitative estimate of drug-likeness (QED) is 0.345. The molecule has 0 aliphatic carbocycles. The first-order valence-corrected chi connectivity index (χ1v) is 13.5. The topological polar surface area (TPSA) is 89.4 Å². The molecule has 1 N–H and O–H groups in total. The molecule has 1 fully saturated rings. The van der Waals surface area contributed by atoms with Crippen LogP contribution in [0.25, 0.3) is 11.0 Å². The highest BCUT2D eigenvalue weighted by atomic mass is 32.1. The fourth-order valence-electron chi connectivity index (χ4n) is 4.76. The molecule has 0 radical (unpaired) electrons. The van der Waals surface area contributed by atoms with E-state index < -0.39 is 6.04 Å². The molecular formula is C28H31N5O3S. The van der Waals surface area contributed by atoms with Crippen LogP contribution >= 0.6 is 11.3 Å². The smallest absolute Gasteiger partial charge is 0.248 e. The van der Waals surface area contributed by atoms with Gasteiger partial charge in [-0.15, -0.1) is 16.4 Å². The normalized spacial score (nSPS) is 16.1. The van der Waals surface area contributed by atoms with E-state index in [2.05, 4.69) is 40.8 Å². The number of nitrogens with one attached hydrogen (secondary N) is 1. The van der Waals surface area contributed by atoms with Crippen molar-refractivity contribution in [2.45, 2.75) is 44.9 Å². The summed E-state index contributed by atoms with van der Waals surface area (Å²) in [5, 5.41) is 13.4. The van der Waals surface area contributed by atoms with Crippen molar-refractivity contribution in [1.29, 1.82) is 0 Å². The Hall–Kier alpha value is -3.56. The van der Waals surface area contributed by atoms with Crippen LogP contribution in [0.3, 0.4) is 0 Å². The Balaban J connectivity index is 1.42. The Bertz CT molecular complexity index is 1350. The summed E-state index contributed by atoms with van der Waals surface area (Å²) in [6, 6.07) is 18.9. The molecule has 0 spiro atoms. The first-order chi connectivity index (χ1) is 18.1. The van der Waals surface area contributed by atoms with Crippen LogP contribution in [0.5, 0.6) is 0 Å². The molecule has 1 aliphatic rings. The maximum atomic E-state index is 13.9. The van der Waals surface area contributed by atoms with Gasteiger partial charge in [0, 0.05) is 24.6 Å². The molecule has 37 heavy (non-hydrogen) atoms. The molecule has 2 amide bonds. The number of benzene rings is 2. The number of rotatable bonds is 10. The van der Waals surface area contributed by atoms with Gasteiger partial charge in [0.05, 0.1) is 11.6 Å². The molecule has 2 aromatic heterocycles. The van der Waals surface area contributed by atoms with Gasteiger partial charge < -0.3 is 15.0 Å². The van der Waals surface area contributed by atoms with Gasteiger partial charge in [-0.2, -0.15) is 0 Å². The van der Waals surface area contributed by atoms with Gasteiger partial charge in [-0.25, -0.2) is 4.68 Å². The Morgan fingerprint density at radius 2 is 2.08 bits per heavy atom. The Kier molecular flexibility index (Phi) is 7.91. The van der Waals surface area contributed by atoms with Gasteiger partial charge in [-0.1, -0.05) is 53.2 Å². The summed E-state index contributed by atoms with van der Waals surface area (Å²) >= 11 is 1.48. The lowest BCUT2D eigenvalue weighted by Gasteiger charge is -2.31. The molecule has 1 aliphatic heterocycles. The first-order valence-electron chi connectivity index (χ1n) is 12.6. The van der Waals surface area contributed by atoms with Crippen molar-refractivity contribution in [3.63, 3.8) is 0 Å². The lowest BCUT2D eigenvalue weighted by Crippen LogP contribution is -2.46. The average Bonchev–Trinajstić information content (AvgIpc) is 3.68. The highest BCUT2D eigenvalue weighted by Gasteiger charge is 2.33. The van der Waals surface area contributed by atoms with Crippen molar-refractivity contribution in [1.82, 2.24) is 25.2 Å². The molecule has 4 aromatic rings. The summed E-state index contributed by atoms with van der Waals surface area (Å²) in [5.41, 5.74) is 3.79. The monoisotopic (exact) mass is 517 g/mol. The molecular weight excluding hydrogens is 486 g/mol. The van der Waals surface area contributed by atoms with Gasteiger partial charge in [0.15, 0.2) is 0 Å². The van der Waals surface area contributed by atoms with Crippen LogP contribution in [0.2, 0.25) is 0 Å². The van der Waals surface area contributed by atoms with E-state index in [-0.39, 0.29) is 24.5 Å². The maximum Gasteiger partial charge on any atom is 0.248 e. The Morgan fingerprint density at radius 3 is 2.86 bits per heavy atom. The van der Waals surface area contributed by atoms with E-state index in [1.165, 1.54) is 11.3 Å². The summed E-state index contributed by atoms with van der Waals surface area (Å²) in [6.07, 6.45) is 2.58. The van der Waals surface area contributed by atoms with Crippen LogP contribution in [0.4, 0.5) is 0 Å². The van der Waals surface area contributed by atoms with E-state index in [4.69, 9.17) is 4.74 Å². The second-order valence-electron chi connectivity index (χ2n) is 9.36. The average molecular weight is 518 g/mol. The number of hydrogen-bond donors (Lipinski definition) is 1. The van der Waals surface area contributed by atoms with E-state index in [9.17, 15) is 9.59 Å². The maximum absolute atomic E-state index is 13.9. The molecule has 0 bridgehead atoms. The second kappa shape index (κ2) is 11.7. The summed E-state index contributed by atoms with van der Waals surface area (Å²) in [7, 11) is 0. The second-order valence-corrected chi connectivity index (χ2v) is 10.3. The van der Waals surface area contributed by atoms with Crippen LogP contribution in [0.1, 0.15) is 34.9 Å². The predicted octanol–water partition coefficient (Wildman–Crippen LogP) is 3.91. The highest BCUT2D eigenvalue weighted by Crippen LogP contribution is 2.27. The third kappa shape index (κ3) is 6.06. The highest BCUT2D eigenvalue weighted by molar-refractivity contribution is 7.10. The van der Waals surface area contributed by atoms with Crippen LogP contribution < -0.4 is 5.32 Å². The van der Waals surface area contributed by atoms with Gasteiger partial charge in [-0.05, 0) is 55.3 Å². The number of thiophene rings is 1. The minimum atomic E-state index is -0.742. The molecule has 0 unspecified atom stereocenters. The van der Waals surface area contributed by atoms with Crippen molar-refractivity contribution in [3.05, 3.63) is 82.0 Å². The van der Waals surface area contributed by atoms with Crippen LogP contribution in [-0.4, -0.2) is 57.5 Å². The zero-order valence-electron chi connectivity index (χ0n) is 20.9. The van der Waals surface area contributed by atoms with E-state index in [0.29, 0.717) is 19.5 Å². The number of amides is 2. The fraction of sp³-hybridized carbons (Fsp3) is 0.357. The van der Waals surface area contributed by atoms with Gasteiger partial charge in [0.25, 0.3) is 0 Å². The first kappa shape index (κ1) is 25.1. The summed E-state index contributed by atoms with van der Waals surface area (Å²) in [4.78, 5) is 30.0. The number of hydrogen-bond acceptors (Lipinski definition) is 6. The number of aromatic nitrogens is 3. The number of carbonyl (C=O) groups is 2. The van der Waals surface area contributed by atoms with Gasteiger partial charge in [0.2, 0.25) is 11.8 Å². The summed E-state index contributed by atoms with van der Waals surface area (Å²) < 4.78 is 7.30. The predicted molar refractivity (Wildman–Crippen MR) is 143 cm³/mol. The molecule has 0 saturated carbocycles. The standard InChI is InChI=1S/C28H31N5O3S/c1-20-7-4-8-21(17-20)13-14-32(26(34)19-33-24-11-3-2-10-23(24)30-31-33)27(25-12-6-16-37-25)28(35)29-18-22-9-5-15-36-22/h2-4,6-8,10-12,16-17,22,27H,5,9,13-15,18-19H2,1H3,(H,29,35)/t22-,27-/m1/s1. The number of ether oxygens (including phenoxy) is 1. The zero-order valence-corrected chi connectivity index (χ0v) is 21.7. The van der Waals surface area contributed by atoms with Crippen molar-refractivity contribution in [2.24, 2.45) is 0 Å². The number of nitrogens with zero attached hydrogens (tertiary/aromatic N) is 4. The van der Waals surface area contributed by atoms with Crippen molar-refractivity contribution >= 4 is 34.2 Å². The molecule has 1 saturated heterocycles. The minimum Gasteiger partial charge on any atom is -0.376 e. The minimum absolute atomic E-state index is 0.00474. The number of para-hydroxylation sites is 1. The molecule has 192 valence electrons. The van der Waals surface area contributed by atoms with Crippen LogP contribution in [0, 0.1) is 6.92 Å². The summed E-state index contributed by atoms with van der Waals surface area (Å²) in [6.45, 7) is 3.60. The van der Waals surface area contributed by atoms with Gasteiger partial charge in [0.1, 0.15) is 18.1 Å². The van der Waals surface area contributed by atoms with Gasteiger partial charge in [-0.3, -0.25) is 9.59 Å². The lowest BCUT2D eigenvalue weighted by molar-refractivity contribution is -0.141. The zero-order chi connectivity index (χ0) is 25.6. The molecule has 2 aromatic carbocycles. The number of carbonyl (C=O) groups excluding carboxylic acids is 2. The van der Waals surface area contributed by atoms with Crippen LogP contribution in [0.15, 0.2) is 66.0 Å². The van der Waals surface area contributed by atoms with Crippen LogP contribution in [-0.2, 0) is 27.3 Å². The van der Waals surface area contributed by atoms with Crippen molar-refractivity contribution in [2.75, 3.05) is 19.7 Å². The number of aryl methyl sites for hydroxylation is 1. The largest absolute Gasteiger partial charge is 0.376 e. The third-order valence-electron chi connectivity index (χ3n) is 6.65. The van der Waals surface area contributed by atoms with E-state index in [1.54, 1.807) is 9.58 Å². The fourth-order valence-corrected chi connectivity index (χ4v) is 5.59. The summed E-state index contributed by atoms with van der Waals surface area (Å²) in [5.74, 6) is -0.382. The molecule has 2 atom stereocenters. The SMILES string of the molecule is Cc1cccc(CCN(C(=O)Cn2nnc3ccccc32)[C@@H](C(=O)NC[C@H]2CCCO2)c2cccs2)c1. The molecule has 3 heterocycles. The lowest BCUT2D eigenvalue weighted by atomic mass is 10.1. The van der Waals surface area contributed by atoms with Crippen molar-refractivity contribution < 1.29 is 14.3 Å². The molecule has 5 rings (SSSR count). The molecule has 9 heteroatoms. The van der Waals surface area contributed by atoms with Crippen molar-refractivity contribution in [3.8, 4) is 0 Å². The van der Waals surface area contributed by atoms with Gasteiger partial charge >= 0.3 is 0 Å². The molecule has 8 nitrogen and oxygen atoms in total.